The molecule has 87 heavy (non-hydrogen) atoms. The van der Waals surface area contributed by atoms with Crippen molar-refractivity contribution >= 4 is 24.1 Å². The highest BCUT2D eigenvalue weighted by molar-refractivity contribution is 5.68. The highest BCUT2D eigenvalue weighted by atomic mass is 16.8. The summed E-state index contributed by atoms with van der Waals surface area (Å²) < 4.78 is 68.3. The molecular formula is C57H68N12O18. The summed E-state index contributed by atoms with van der Waals surface area (Å²) in [5.41, 5.74) is 38.4. The highest BCUT2D eigenvalue weighted by Gasteiger charge is 2.59. The third-order valence-corrected chi connectivity index (χ3v) is 14.7. The number of alkyl carbamates (subject to hydrolysis) is 1. The van der Waals surface area contributed by atoms with Crippen molar-refractivity contribution in [3.8, 4) is 0 Å². The second-order valence-electron chi connectivity index (χ2n) is 20.8. The number of nitrogens with zero attached hydrogens (tertiary/aromatic N) is 10. The van der Waals surface area contributed by atoms with E-state index in [2.05, 4.69) is 35.4 Å². The number of benzene rings is 4. The van der Waals surface area contributed by atoms with Gasteiger partial charge < -0.3 is 83.4 Å². The van der Waals surface area contributed by atoms with E-state index in [4.69, 9.17) is 63.4 Å². The summed E-state index contributed by atoms with van der Waals surface area (Å²) >= 11 is 0. The first-order valence-electron chi connectivity index (χ1n) is 27.9. The van der Waals surface area contributed by atoms with Gasteiger partial charge in [-0.2, -0.15) is 0 Å². The Hall–Kier alpha value is -8.15. The molecule has 4 fully saturated rings. The fraction of sp³-hybridized carbons (Fsp3) is 0.509. The Labute approximate surface area is 498 Å². The van der Waals surface area contributed by atoms with E-state index < -0.39 is 147 Å². The molecule has 18 atom stereocenters. The molecule has 30 heteroatoms. The lowest BCUT2D eigenvalue weighted by molar-refractivity contribution is -0.300. The van der Waals surface area contributed by atoms with Crippen LogP contribution in [0.5, 0.6) is 0 Å². The van der Waals surface area contributed by atoms with Crippen molar-refractivity contribution in [3.63, 3.8) is 0 Å². The van der Waals surface area contributed by atoms with Gasteiger partial charge in [-0.15, -0.1) is 0 Å². The molecule has 0 spiro atoms. The second kappa shape index (κ2) is 32.0. The lowest BCUT2D eigenvalue weighted by Gasteiger charge is -2.50. The molecule has 6 N–H and O–H groups in total. The van der Waals surface area contributed by atoms with Gasteiger partial charge in [-0.3, -0.25) is 9.59 Å². The van der Waals surface area contributed by atoms with Crippen molar-refractivity contribution in [1.29, 1.82) is 0 Å². The van der Waals surface area contributed by atoms with Crippen molar-refractivity contribution in [1.82, 2.24) is 10.2 Å². The van der Waals surface area contributed by atoms with Crippen LogP contribution in [0.1, 0.15) is 48.9 Å². The normalized spacial score (nSPS) is 30.2. The Morgan fingerprint density at radius 3 is 1.78 bits per heavy atom. The van der Waals surface area contributed by atoms with Gasteiger partial charge in [0.25, 0.3) is 0 Å². The molecule has 3 heterocycles. The molecule has 0 radical (unpaired) electrons. The first-order valence-corrected chi connectivity index (χ1v) is 27.9. The minimum Gasteiger partial charge on any atom is -0.463 e. The molecule has 464 valence electrons. The van der Waals surface area contributed by atoms with Gasteiger partial charge in [-0.25, -0.2) is 9.59 Å². The maximum Gasteiger partial charge on any atom is 0.410 e. The summed E-state index contributed by atoms with van der Waals surface area (Å²) in [6.45, 7) is 0.565. The van der Waals surface area contributed by atoms with E-state index in [-0.39, 0.29) is 45.8 Å². The Balaban J connectivity index is 1.18. The number of hydrogen-bond acceptors (Lipinski definition) is 22. The number of rotatable bonds is 25. The Morgan fingerprint density at radius 2 is 1.18 bits per heavy atom. The van der Waals surface area contributed by atoms with E-state index >= 15 is 0 Å². The molecule has 4 aromatic carbocycles. The fourth-order valence-corrected chi connectivity index (χ4v) is 10.5. The topological polar surface area (TPSA) is 418 Å². The van der Waals surface area contributed by atoms with Crippen LogP contribution in [-0.2, 0) is 88.1 Å². The standard InChI is InChI=1S/C57H68N12O18/c1-32(70)77-31-41-48(85-54-43(65-68-61)47(74)45(72)40(83-54)25-62-66-59)52(81-33(2)71)55(84-41)87-51-46(73)42(58)49(78-28-35-17-9-4-10-18-35)44(63-56(75)79-29-36-19-11-5-12-20-36)50(51)86-53-39(64-67-60)24-23-38(82-53)27-69(26-34-15-7-3-8-16-34)57(76)80-30-37-21-13-6-14-22-37/h3-22,38-55,72-74H,23-31,58H2,1-2H3,(H,63,75)/t38-,39+,40-,41+,42-,43+,44-,45-,46-,47+,48+,49+,50+,51+,52+,53+,54+,55-/m0/s1. The summed E-state index contributed by atoms with van der Waals surface area (Å²) in [4.78, 5) is 63.9. The maximum atomic E-state index is 14.3. The number of hydrogen-bond donors (Lipinski definition) is 5. The van der Waals surface area contributed by atoms with E-state index in [1.807, 2.05) is 60.7 Å². The predicted molar refractivity (Wildman–Crippen MR) is 300 cm³/mol. The quantitative estimate of drug-likeness (QED) is 0.0182. The fourth-order valence-electron chi connectivity index (χ4n) is 10.5. The third-order valence-electron chi connectivity index (χ3n) is 14.7. The van der Waals surface area contributed by atoms with E-state index in [0.29, 0.717) is 11.1 Å². The molecule has 0 unspecified atom stereocenters. The van der Waals surface area contributed by atoms with Gasteiger partial charge in [0, 0.05) is 35.1 Å². The van der Waals surface area contributed by atoms with E-state index in [9.17, 15) is 45.6 Å². The van der Waals surface area contributed by atoms with Crippen molar-refractivity contribution < 1.29 is 86.6 Å². The Kier molecular flexibility index (Phi) is 23.9. The average Bonchev–Trinajstić information content (AvgIpc) is 1.97. The van der Waals surface area contributed by atoms with Crippen LogP contribution in [0.2, 0.25) is 0 Å². The van der Waals surface area contributed by atoms with Gasteiger partial charge in [0.05, 0.1) is 62.2 Å². The number of nitrogens with two attached hydrogens (primary N) is 1. The zero-order valence-electron chi connectivity index (χ0n) is 47.3. The van der Waals surface area contributed by atoms with Crippen LogP contribution in [0, 0.1) is 0 Å². The van der Waals surface area contributed by atoms with Gasteiger partial charge in [-0.05, 0) is 51.7 Å². The van der Waals surface area contributed by atoms with E-state index in [0.717, 1.165) is 25.0 Å². The summed E-state index contributed by atoms with van der Waals surface area (Å²) in [6.07, 6.45) is -24.3. The Morgan fingerprint density at radius 1 is 0.609 bits per heavy atom. The van der Waals surface area contributed by atoms with Crippen LogP contribution in [0.4, 0.5) is 9.59 Å². The van der Waals surface area contributed by atoms with Gasteiger partial charge in [-0.1, -0.05) is 137 Å². The summed E-state index contributed by atoms with van der Waals surface area (Å²) in [7, 11) is 0. The summed E-state index contributed by atoms with van der Waals surface area (Å²) in [5.74, 6) is -1.76. The van der Waals surface area contributed by atoms with Crippen LogP contribution in [0.3, 0.4) is 0 Å². The SMILES string of the molecule is CC(=O)OC[C@H]1O[C@@H](O[C@@H]2[C@@H](O)[C@H](N)[C@@H](OCc3ccccc3)[C@H](NC(=O)OCc3ccccc3)[C@H]2O[C@H]2O[C@H](CN(Cc3ccccc3)C(=O)OCc3ccccc3)CC[C@H]2N=[N+]=[N-])[C@H](OC(C)=O)[C@@H]1O[C@H]1O[C@@H](CN=[N+]=[N-])[C@H](O)[C@H](O)[C@H]1N=[N+]=[N-]. The predicted octanol–water partition coefficient (Wildman–Crippen LogP) is 5.40. The van der Waals surface area contributed by atoms with Crippen LogP contribution in [0.25, 0.3) is 31.3 Å². The van der Waals surface area contributed by atoms with Crippen molar-refractivity contribution in [3.05, 3.63) is 175 Å². The number of ether oxygens (including phenoxy) is 11. The van der Waals surface area contributed by atoms with E-state index in [1.165, 1.54) is 4.90 Å². The average molecular weight is 1210 g/mol. The zero-order valence-corrected chi connectivity index (χ0v) is 47.3. The smallest absolute Gasteiger partial charge is 0.410 e. The van der Waals surface area contributed by atoms with Gasteiger partial charge >= 0.3 is 24.1 Å². The van der Waals surface area contributed by atoms with Crippen LogP contribution in [-0.4, -0.2) is 174 Å². The number of carbonyl (C=O) groups excluding carboxylic acids is 4. The van der Waals surface area contributed by atoms with Crippen molar-refractivity contribution in [2.24, 2.45) is 21.1 Å². The molecule has 3 aliphatic heterocycles. The van der Waals surface area contributed by atoms with Crippen LogP contribution < -0.4 is 11.1 Å². The van der Waals surface area contributed by atoms with Crippen molar-refractivity contribution in [2.45, 2.75) is 163 Å². The first-order chi connectivity index (χ1) is 42.1. The zero-order chi connectivity index (χ0) is 61.8. The Bertz CT molecular complexity index is 3020. The number of azide groups is 3. The molecule has 0 bridgehead atoms. The highest BCUT2D eigenvalue weighted by Crippen LogP contribution is 2.38. The summed E-state index contributed by atoms with van der Waals surface area (Å²) in [5, 5.41) is 48.7. The molecule has 2 amide bonds. The molecule has 30 nitrogen and oxygen atoms in total. The number of carbonyl (C=O) groups is 4. The van der Waals surface area contributed by atoms with Gasteiger partial charge in [0.1, 0.15) is 62.5 Å². The number of nitrogens with one attached hydrogen (secondary N) is 1. The molecule has 3 saturated heterocycles. The minimum absolute atomic E-state index is 0.0397. The lowest BCUT2D eigenvalue weighted by Crippen LogP contribution is -2.73. The number of amides is 2. The summed E-state index contributed by atoms with van der Waals surface area (Å²) in [6, 6.07) is 30.1. The largest absolute Gasteiger partial charge is 0.463 e. The third kappa shape index (κ3) is 17.7. The monoisotopic (exact) mass is 1210 g/mol. The number of aliphatic hydroxyl groups is 3. The molecule has 4 aromatic rings. The van der Waals surface area contributed by atoms with Gasteiger partial charge in [0.2, 0.25) is 0 Å². The number of aliphatic hydroxyl groups excluding tert-OH is 3. The van der Waals surface area contributed by atoms with Crippen LogP contribution >= 0.6 is 0 Å². The van der Waals surface area contributed by atoms with Crippen molar-refractivity contribution in [2.75, 3.05) is 19.7 Å². The van der Waals surface area contributed by atoms with E-state index in [1.54, 1.807) is 60.7 Å². The number of esters is 2. The molecule has 1 saturated carbocycles. The molecule has 8 rings (SSSR count). The minimum atomic E-state index is -1.89. The molecule has 1 aliphatic carbocycles. The van der Waals surface area contributed by atoms with Crippen LogP contribution in [0.15, 0.2) is 137 Å². The van der Waals surface area contributed by atoms with Gasteiger partial charge in [0.15, 0.2) is 25.0 Å². The maximum absolute atomic E-state index is 14.3. The lowest BCUT2D eigenvalue weighted by atomic mass is 9.81. The second-order valence-corrected chi connectivity index (χ2v) is 20.8. The molecular weight excluding hydrogens is 1140 g/mol. The first kappa shape index (κ1) is 64.8. The molecule has 0 aromatic heterocycles. The molecule has 4 aliphatic rings.